The SMILES string of the molecule is O=C(O)/C(=C/c1sc2cc(Oc3ccc(Cc4ccncc4)cc3)c(Oc3ccc(Cc4ccncc4)cc3)cc2c1Oc1ccc(Cl)cc1)c1ccncc1. The van der Waals surface area contributed by atoms with Gasteiger partial charge in [0.05, 0.1) is 10.5 Å². The third-order valence-corrected chi connectivity index (χ3v) is 10.2. The number of aromatic nitrogens is 3. The zero-order valence-electron chi connectivity index (χ0n) is 29.7. The first kappa shape index (κ1) is 36.2. The molecule has 0 aliphatic rings. The first-order chi connectivity index (χ1) is 27.4. The Morgan fingerprint density at radius 2 is 1.04 bits per heavy atom. The van der Waals surface area contributed by atoms with Gasteiger partial charge in [-0.05, 0) is 138 Å². The van der Waals surface area contributed by atoms with E-state index in [1.54, 1.807) is 79.7 Å². The lowest BCUT2D eigenvalue weighted by molar-refractivity contribution is -0.130. The molecule has 0 saturated heterocycles. The standard InChI is InChI=1S/C46H32ClN3O5S/c47-35-5-11-38(12-6-35)55-45-40-27-41(53-36-7-1-30(2-8-36)25-32-13-19-48-20-14-32)42(54-37-9-3-31(4-10-37)26-33-15-21-49-22-16-33)29-43(40)56-44(45)28-39(46(51)52)34-17-23-50-24-18-34/h1-24,27-29H,25-26H2,(H,51,52)/b39-28+. The summed E-state index contributed by atoms with van der Waals surface area (Å²) in [5.41, 5.74) is 5.17. The maximum atomic E-state index is 12.6. The highest BCUT2D eigenvalue weighted by Crippen LogP contribution is 2.48. The number of halogens is 1. The van der Waals surface area contributed by atoms with E-state index in [-0.39, 0.29) is 5.57 Å². The minimum Gasteiger partial charge on any atom is -0.478 e. The van der Waals surface area contributed by atoms with Crippen molar-refractivity contribution in [3.8, 4) is 34.5 Å². The average molecular weight is 774 g/mol. The van der Waals surface area contributed by atoms with Crippen molar-refractivity contribution >= 4 is 50.6 Å². The predicted molar refractivity (Wildman–Crippen MR) is 220 cm³/mol. The minimum atomic E-state index is -1.08. The van der Waals surface area contributed by atoms with Gasteiger partial charge in [0.15, 0.2) is 17.2 Å². The molecule has 1 N–H and O–H groups in total. The van der Waals surface area contributed by atoms with Crippen LogP contribution in [-0.2, 0) is 17.6 Å². The van der Waals surface area contributed by atoms with Crippen molar-refractivity contribution in [2.24, 2.45) is 0 Å². The van der Waals surface area contributed by atoms with Gasteiger partial charge in [0.25, 0.3) is 0 Å². The van der Waals surface area contributed by atoms with Crippen LogP contribution in [0.4, 0.5) is 0 Å². The number of carboxylic acid groups (broad SMARTS) is 1. The molecule has 0 fully saturated rings. The lowest BCUT2D eigenvalue weighted by Gasteiger charge is -2.14. The number of thiophene rings is 1. The Kier molecular flexibility index (Phi) is 10.8. The number of hydrogen-bond acceptors (Lipinski definition) is 8. The molecular formula is C46H32ClN3O5S. The summed E-state index contributed by atoms with van der Waals surface area (Å²) in [6, 6.07) is 38.0. The number of rotatable bonds is 13. The molecule has 0 unspecified atom stereocenters. The number of pyridine rings is 3. The fraction of sp³-hybridized carbons (Fsp3) is 0.0435. The van der Waals surface area contributed by atoms with Gasteiger partial charge in [0.1, 0.15) is 17.2 Å². The van der Waals surface area contributed by atoms with Crippen molar-refractivity contribution in [2.75, 3.05) is 0 Å². The van der Waals surface area contributed by atoms with Gasteiger partial charge >= 0.3 is 5.97 Å². The van der Waals surface area contributed by atoms with Crippen LogP contribution in [0.3, 0.4) is 0 Å². The molecule has 0 aliphatic carbocycles. The summed E-state index contributed by atoms with van der Waals surface area (Å²) in [5, 5.41) is 11.6. The highest BCUT2D eigenvalue weighted by Gasteiger charge is 2.21. The monoisotopic (exact) mass is 773 g/mol. The molecule has 0 saturated carbocycles. The van der Waals surface area contributed by atoms with Gasteiger partial charge in [0.2, 0.25) is 0 Å². The maximum Gasteiger partial charge on any atom is 0.336 e. The van der Waals surface area contributed by atoms with Gasteiger partial charge in [-0.15, -0.1) is 11.3 Å². The van der Waals surface area contributed by atoms with Crippen LogP contribution in [0.25, 0.3) is 21.7 Å². The Hall–Kier alpha value is -6.81. The summed E-state index contributed by atoms with van der Waals surface area (Å²) in [6.45, 7) is 0. The lowest BCUT2D eigenvalue weighted by atomic mass is 10.1. The average Bonchev–Trinajstić information content (AvgIpc) is 3.55. The van der Waals surface area contributed by atoms with Crippen LogP contribution in [0, 0.1) is 0 Å². The molecule has 4 aromatic carbocycles. The first-order valence-electron chi connectivity index (χ1n) is 17.6. The third-order valence-electron chi connectivity index (χ3n) is 8.88. The molecule has 8 rings (SSSR count). The molecule has 0 atom stereocenters. The molecule has 0 amide bonds. The molecule has 4 aromatic heterocycles. The second kappa shape index (κ2) is 16.7. The van der Waals surface area contributed by atoms with Crippen LogP contribution in [0.15, 0.2) is 159 Å². The topological polar surface area (TPSA) is 104 Å². The van der Waals surface area contributed by atoms with E-state index in [0.717, 1.165) is 39.8 Å². The van der Waals surface area contributed by atoms with E-state index in [1.807, 2.05) is 84.9 Å². The van der Waals surface area contributed by atoms with Gasteiger partial charge in [-0.1, -0.05) is 35.9 Å². The summed E-state index contributed by atoms with van der Waals surface area (Å²) in [5.74, 6) is 2.07. The third kappa shape index (κ3) is 8.76. The first-order valence-corrected chi connectivity index (χ1v) is 18.8. The Morgan fingerprint density at radius 3 is 1.55 bits per heavy atom. The number of carbonyl (C=O) groups is 1. The number of hydrogen-bond donors (Lipinski definition) is 1. The summed E-state index contributed by atoms with van der Waals surface area (Å²) in [6.07, 6.45) is 13.4. The normalized spacial score (nSPS) is 11.3. The summed E-state index contributed by atoms with van der Waals surface area (Å²) < 4.78 is 20.5. The summed E-state index contributed by atoms with van der Waals surface area (Å²) in [7, 11) is 0. The van der Waals surface area contributed by atoms with E-state index in [1.165, 1.54) is 11.3 Å². The van der Waals surface area contributed by atoms with Crippen molar-refractivity contribution in [2.45, 2.75) is 12.8 Å². The minimum absolute atomic E-state index is 0.0894. The molecule has 0 radical (unpaired) electrons. The van der Waals surface area contributed by atoms with E-state index in [9.17, 15) is 9.90 Å². The molecule has 8 nitrogen and oxygen atoms in total. The van der Waals surface area contributed by atoms with Gasteiger partial charge in [-0.25, -0.2) is 4.79 Å². The predicted octanol–water partition coefficient (Wildman–Crippen LogP) is 11.9. The summed E-state index contributed by atoms with van der Waals surface area (Å²) >= 11 is 7.58. The number of fused-ring (bicyclic) bond motifs is 1. The van der Waals surface area contributed by atoms with Crippen molar-refractivity contribution in [3.63, 3.8) is 0 Å². The zero-order valence-corrected chi connectivity index (χ0v) is 31.3. The van der Waals surface area contributed by atoms with E-state index in [4.69, 9.17) is 25.8 Å². The van der Waals surface area contributed by atoms with Crippen molar-refractivity contribution in [1.29, 1.82) is 0 Å². The van der Waals surface area contributed by atoms with E-state index in [2.05, 4.69) is 15.0 Å². The Labute approximate surface area is 331 Å². The Balaban J connectivity index is 1.20. The number of aliphatic carboxylic acids is 1. The van der Waals surface area contributed by atoms with Crippen LogP contribution in [0.1, 0.15) is 32.7 Å². The van der Waals surface area contributed by atoms with E-state index < -0.39 is 5.97 Å². The van der Waals surface area contributed by atoms with E-state index in [0.29, 0.717) is 55.3 Å². The molecule has 0 bridgehead atoms. The zero-order chi connectivity index (χ0) is 38.3. The second-order valence-corrected chi connectivity index (χ2v) is 14.3. The fourth-order valence-electron chi connectivity index (χ4n) is 6.09. The largest absolute Gasteiger partial charge is 0.478 e. The van der Waals surface area contributed by atoms with Crippen LogP contribution in [0.2, 0.25) is 5.02 Å². The van der Waals surface area contributed by atoms with E-state index >= 15 is 0 Å². The highest BCUT2D eigenvalue weighted by atomic mass is 35.5. The molecular weight excluding hydrogens is 742 g/mol. The molecule has 56 heavy (non-hydrogen) atoms. The molecule has 10 heteroatoms. The van der Waals surface area contributed by atoms with Gasteiger partial charge in [-0.3, -0.25) is 15.0 Å². The molecule has 8 aromatic rings. The van der Waals surface area contributed by atoms with Crippen molar-refractivity contribution in [3.05, 3.63) is 196 Å². The van der Waals surface area contributed by atoms with Gasteiger partial charge in [0, 0.05) is 58.4 Å². The quantitative estimate of drug-likeness (QED) is 0.116. The van der Waals surface area contributed by atoms with Gasteiger partial charge < -0.3 is 19.3 Å². The number of ether oxygens (including phenoxy) is 3. The number of carboxylic acids is 1. The molecule has 274 valence electrons. The maximum absolute atomic E-state index is 12.6. The summed E-state index contributed by atoms with van der Waals surface area (Å²) in [4.78, 5) is 25.5. The van der Waals surface area contributed by atoms with Crippen molar-refractivity contribution in [1.82, 2.24) is 15.0 Å². The van der Waals surface area contributed by atoms with Gasteiger partial charge in [-0.2, -0.15) is 0 Å². The van der Waals surface area contributed by atoms with Crippen molar-refractivity contribution < 1.29 is 24.1 Å². The Morgan fingerprint density at radius 1 is 0.589 bits per heavy atom. The van der Waals surface area contributed by atoms with Crippen LogP contribution >= 0.6 is 22.9 Å². The van der Waals surface area contributed by atoms with Crippen LogP contribution < -0.4 is 14.2 Å². The molecule has 0 spiro atoms. The smallest absolute Gasteiger partial charge is 0.336 e. The number of benzene rings is 4. The second-order valence-electron chi connectivity index (χ2n) is 12.8. The lowest BCUT2D eigenvalue weighted by Crippen LogP contribution is -1.99. The molecule has 4 heterocycles. The highest BCUT2D eigenvalue weighted by molar-refractivity contribution is 7.20. The Bertz CT molecular complexity index is 2620. The molecule has 0 aliphatic heterocycles. The van der Waals surface area contributed by atoms with Crippen LogP contribution in [-0.4, -0.2) is 26.0 Å². The fourth-order valence-corrected chi connectivity index (χ4v) is 7.30. The number of nitrogens with zero attached hydrogens (tertiary/aromatic N) is 3. The van der Waals surface area contributed by atoms with Crippen LogP contribution in [0.5, 0.6) is 34.5 Å².